The summed E-state index contributed by atoms with van der Waals surface area (Å²) in [6.07, 6.45) is -2.80. The fraction of sp³-hybridized carbons (Fsp3) is 0.300. The minimum Gasteiger partial charge on any atom is -0.481 e. The first-order chi connectivity index (χ1) is 8.43. The van der Waals surface area contributed by atoms with E-state index in [1.54, 1.807) is 18.2 Å². The van der Waals surface area contributed by atoms with Gasteiger partial charge in [0.1, 0.15) is 6.42 Å². The van der Waals surface area contributed by atoms with E-state index in [9.17, 15) is 25.0 Å². The standard InChI is InChI=1S/C10H10N2O6/c13-10(14)8(7-4-2-1-3-5-7)6-9(11(15)16)12(17)18/h1-5,8-9H,6H2,(H,13,14). The third-order valence-corrected chi connectivity index (χ3v) is 2.43. The molecule has 0 radical (unpaired) electrons. The van der Waals surface area contributed by atoms with Crippen LogP contribution in [0.5, 0.6) is 0 Å². The second kappa shape index (κ2) is 5.71. The van der Waals surface area contributed by atoms with Crippen molar-refractivity contribution in [2.75, 3.05) is 0 Å². The Morgan fingerprint density at radius 2 is 1.67 bits per heavy atom. The number of aliphatic carboxylic acids is 1. The normalized spacial score (nSPS) is 12.1. The van der Waals surface area contributed by atoms with Gasteiger partial charge in [0, 0.05) is 0 Å². The Bertz CT molecular complexity index is 447. The van der Waals surface area contributed by atoms with Crippen molar-refractivity contribution in [3.05, 3.63) is 56.1 Å². The van der Waals surface area contributed by atoms with Gasteiger partial charge in [0.2, 0.25) is 0 Å². The largest absolute Gasteiger partial charge is 0.481 e. The summed E-state index contributed by atoms with van der Waals surface area (Å²) < 4.78 is 0. The minimum atomic E-state index is -2.12. The first-order valence-corrected chi connectivity index (χ1v) is 4.98. The fourth-order valence-electron chi connectivity index (χ4n) is 1.52. The molecule has 8 heteroatoms. The van der Waals surface area contributed by atoms with Crippen LogP contribution in [0, 0.1) is 20.2 Å². The van der Waals surface area contributed by atoms with E-state index in [-0.39, 0.29) is 0 Å². The summed E-state index contributed by atoms with van der Waals surface area (Å²) in [5.74, 6) is -2.60. The van der Waals surface area contributed by atoms with E-state index in [4.69, 9.17) is 5.11 Å². The molecule has 0 fully saturated rings. The molecule has 1 unspecified atom stereocenters. The van der Waals surface area contributed by atoms with Crippen LogP contribution in [0.3, 0.4) is 0 Å². The lowest BCUT2D eigenvalue weighted by atomic mass is 9.95. The predicted octanol–water partition coefficient (Wildman–Crippen LogP) is 1.12. The predicted molar refractivity (Wildman–Crippen MR) is 59.2 cm³/mol. The van der Waals surface area contributed by atoms with Crippen LogP contribution in [0.15, 0.2) is 30.3 Å². The van der Waals surface area contributed by atoms with Crippen molar-refractivity contribution < 1.29 is 19.7 Å². The topological polar surface area (TPSA) is 124 Å². The first-order valence-electron chi connectivity index (χ1n) is 4.98. The molecular formula is C10H10N2O6. The quantitative estimate of drug-likeness (QED) is 0.461. The summed E-state index contributed by atoms with van der Waals surface area (Å²) >= 11 is 0. The maximum Gasteiger partial charge on any atom is 0.451 e. The molecule has 0 aliphatic heterocycles. The molecule has 0 bridgehead atoms. The van der Waals surface area contributed by atoms with Crippen LogP contribution in [0.1, 0.15) is 17.9 Å². The van der Waals surface area contributed by atoms with E-state index in [0.717, 1.165) is 0 Å². The van der Waals surface area contributed by atoms with Gasteiger partial charge >= 0.3 is 12.1 Å². The van der Waals surface area contributed by atoms with E-state index in [1.807, 2.05) is 0 Å². The Morgan fingerprint density at radius 3 is 2.06 bits per heavy atom. The highest BCUT2D eigenvalue weighted by atomic mass is 16.7. The lowest BCUT2D eigenvalue weighted by Crippen LogP contribution is -2.32. The van der Waals surface area contributed by atoms with E-state index in [0.29, 0.717) is 5.56 Å². The van der Waals surface area contributed by atoms with Crippen LogP contribution in [-0.2, 0) is 4.79 Å². The molecule has 0 aliphatic rings. The number of nitrogens with zero attached hydrogens (tertiary/aromatic N) is 2. The lowest BCUT2D eigenvalue weighted by Gasteiger charge is -2.11. The molecule has 0 amide bonds. The molecular weight excluding hydrogens is 244 g/mol. The molecule has 0 spiro atoms. The van der Waals surface area contributed by atoms with Gasteiger partial charge in [-0.2, -0.15) is 0 Å². The lowest BCUT2D eigenvalue weighted by molar-refractivity contribution is -0.743. The fourth-order valence-corrected chi connectivity index (χ4v) is 1.52. The average Bonchev–Trinajstić information content (AvgIpc) is 2.29. The van der Waals surface area contributed by atoms with E-state index >= 15 is 0 Å². The van der Waals surface area contributed by atoms with Gasteiger partial charge in [-0.15, -0.1) is 0 Å². The molecule has 8 nitrogen and oxygen atoms in total. The van der Waals surface area contributed by atoms with E-state index < -0.39 is 34.3 Å². The molecule has 1 aromatic carbocycles. The molecule has 18 heavy (non-hydrogen) atoms. The number of hydrogen-bond donors (Lipinski definition) is 1. The van der Waals surface area contributed by atoms with Gasteiger partial charge in [0.05, 0.1) is 15.8 Å². The van der Waals surface area contributed by atoms with Gasteiger partial charge in [-0.3, -0.25) is 25.0 Å². The Labute approximate surface area is 101 Å². The summed E-state index contributed by atoms with van der Waals surface area (Å²) in [7, 11) is 0. The molecule has 0 saturated heterocycles. The number of hydrogen-bond acceptors (Lipinski definition) is 5. The Morgan fingerprint density at radius 1 is 1.17 bits per heavy atom. The Balaban J connectivity index is 2.98. The van der Waals surface area contributed by atoms with Crippen molar-refractivity contribution in [3.8, 4) is 0 Å². The smallest absolute Gasteiger partial charge is 0.451 e. The summed E-state index contributed by atoms with van der Waals surface area (Å²) in [5, 5.41) is 30.0. The highest BCUT2D eigenvalue weighted by Crippen LogP contribution is 2.22. The average molecular weight is 254 g/mol. The number of carboxylic acids is 1. The highest BCUT2D eigenvalue weighted by molar-refractivity contribution is 5.76. The van der Waals surface area contributed by atoms with Crippen molar-refractivity contribution in [2.24, 2.45) is 0 Å². The second-order valence-electron chi connectivity index (χ2n) is 3.59. The maximum atomic E-state index is 11.0. The van der Waals surface area contributed by atoms with Crippen LogP contribution < -0.4 is 0 Å². The highest BCUT2D eigenvalue weighted by Gasteiger charge is 2.38. The number of nitro groups is 2. The summed E-state index contributed by atoms with van der Waals surface area (Å²) in [6.45, 7) is 0. The van der Waals surface area contributed by atoms with E-state index in [2.05, 4.69) is 0 Å². The van der Waals surface area contributed by atoms with Crippen molar-refractivity contribution >= 4 is 5.97 Å². The Hall–Kier alpha value is -2.51. The number of carboxylic acid groups (broad SMARTS) is 1. The number of carbonyl (C=O) groups is 1. The zero-order chi connectivity index (χ0) is 13.7. The van der Waals surface area contributed by atoms with Crippen molar-refractivity contribution in [2.45, 2.75) is 18.5 Å². The molecule has 0 saturated carbocycles. The van der Waals surface area contributed by atoms with Gasteiger partial charge < -0.3 is 5.11 Å². The van der Waals surface area contributed by atoms with Crippen LogP contribution in [0.2, 0.25) is 0 Å². The van der Waals surface area contributed by atoms with Crippen molar-refractivity contribution in [1.82, 2.24) is 0 Å². The number of rotatable bonds is 6. The minimum absolute atomic E-state index is 0.304. The summed E-state index contributed by atoms with van der Waals surface area (Å²) in [4.78, 5) is 29.9. The van der Waals surface area contributed by atoms with Gasteiger partial charge in [-0.05, 0) is 5.56 Å². The van der Waals surface area contributed by atoms with Crippen molar-refractivity contribution in [1.29, 1.82) is 0 Å². The molecule has 1 aromatic rings. The molecule has 0 heterocycles. The third kappa shape index (κ3) is 3.24. The van der Waals surface area contributed by atoms with Gasteiger partial charge in [-0.25, -0.2) is 0 Å². The van der Waals surface area contributed by atoms with E-state index in [1.165, 1.54) is 12.1 Å². The maximum absolute atomic E-state index is 11.0. The zero-order valence-corrected chi connectivity index (χ0v) is 9.13. The summed E-state index contributed by atoms with van der Waals surface area (Å²) in [5.41, 5.74) is 0.304. The van der Waals surface area contributed by atoms with Gasteiger partial charge in [-0.1, -0.05) is 30.3 Å². The molecule has 96 valence electrons. The third-order valence-electron chi connectivity index (χ3n) is 2.43. The monoisotopic (exact) mass is 254 g/mol. The second-order valence-corrected chi connectivity index (χ2v) is 3.59. The first kappa shape index (κ1) is 13.6. The number of benzene rings is 1. The SMILES string of the molecule is O=C(O)C(CC([N+](=O)[O-])[N+](=O)[O-])c1ccccc1. The molecule has 1 rings (SSSR count). The van der Waals surface area contributed by atoms with Crippen LogP contribution >= 0.6 is 0 Å². The van der Waals surface area contributed by atoms with Crippen LogP contribution in [-0.4, -0.2) is 27.1 Å². The van der Waals surface area contributed by atoms with Crippen molar-refractivity contribution in [3.63, 3.8) is 0 Å². The van der Waals surface area contributed by atoms with Gasteiger partial charge in [0.25, 0.3) is 0 Å². The molecule has 1 atom stereocenters. The Kier molecular flexibility index (Phi) is 4.30. The van der Waals surface area contributed by atoms with Gasteiger partial charge in [0.15, 0.2) is 0 Å². The molecule has 0 aromatic heterocycles. The molecule has 1 N–H and O–H groups in total. The zero-order valence-electron chi connectivity index (χ0n) is 9.13. The molecule has 0 aliphatic carbocycles. The summed E-state index contributed by atoms with van der Waals surface area (Å²) in [6, 6.07) is 7.73. The van der Waals surface area contributed by atoms with Crippen LogP contribution in [0.4, 0.5) is 0 Å². The van der Waals surface area contributed by atoms with Crippen LogP contribution in [0.25, 0.3) is 0 Å².